The quantitative estimate of drug-likeness (QED) is 0.176. The molecule has 4 nitrogen and oxygen atoms in total. The first-order valence-electron chi connectivity index (χ1n) is 12.2. The van der Waals surface area contributed by atoms with Crippen molar-refractivity contribution in [1.82, 2.24) is 0 Å². The van der Waals surface area contributed by atoms with Crippen molar-refractivity contribution in [3.63, 3.8) is 0 Å². The fraction of sp³-hybridized carbons (Fsp3) is 0.226. The van der Waals surface area contributed by atoms with Gasteiger partial charge in [-0.3, -0.25) is 3.63 Å². The Balaban J connectivity index is 1.98. The minimum Gasteiger partial charge on any atom is -0.488 e. The minimum atomic E-state index is -4.05. The Morgan fingerprint density at radius 1 is 0.649 bits per heavy atom. The Hall–Kier alpha value is -3.06. The van der Waals surface area contributed by atoms with Crippen LogP contribution in [0.3, 0.4) is 0 Å². The van der Waals surface area contributed by atoms with E-state index in [-0.39, 0.29) is 10.5 Å². The lowest BCUT2D eigenvalue weighted by Gasteiger charge is -2.35. The minimum absolute atomic E-state index is 0.273. The molecule has 4 aromatic rings. The van der Waals surface area contributed by atoms with E-state index in [2.05, 4.69) is 0 Å². The molecule has 0 saturated carbocycles. The maximum absolute atomic E-state index is 14.2. The number of aryl methyl sites for hydroxylation is 3. The number of hydrogen-bond acceptors (Lipinski definition) is 3. The van der Waals surface area contributed by atoms with Crippen LogP contribution in [0, 0.1) is 20.8 Å². The molecule has 194 valence electrons. The summed E-state index contributed by atoms with van der Waals surface area (Å²) in [7, 11) is -6.61. The largest absolute Gasteiger partial charge is 0.488 e. The SMILES string of the molecule is Cc1cc(C)c(S(=O)(=O)[OH+]S(c2ccccc2)(c2ccccc2)c2ccc(OC(C)(C)C)cc2)c(C)c1. The average Bonchev–Trinajstić information content (AvgIpc) is 2.82. The summed E-state index contributed by atoms with van der Waals surface area (Å²) in [4.78, 5) is 2.78. The van der Waals surface area contributed by atoms with E-state index >= 15 is 0 Å². The van der Waals surface area contributed by atoms with Crippen LogP contribution >= 0.6 is 10.3 Å². The lowest BCUT2D eigenvalue weighted by Crippen LogP contribution is -2.23. The van der Waals surface area contributed by atoms with Crippen LogP contribution < -0.4 is 4.74 Å². The highest BCUT2D eigenvalue weighted by Crippen LogP contribution is 2.68. The van der Waals surface area contributed by atoms with Crippen LogP contribution in [0.5, 0.6) is 5.75 Å². The predicted octanol–water partition coefficient (Wildman–Crippen LogP) is 8.47. The summed E-state index contributed by atoms with van der Waals surface area (Å²) in [6.45, 7) is 11.6. The van der Waals surface area contributed by atoms with Gasteiger partial charge in [-0.2, -0.15) is 0 Å². The van der Waals surface area contributed by atoms with Crippen LogP contribution in [0.25, 0.3) is 0 Å². The van der Waals surface area contributed by atoms with Gasteiger partial charge in [-0.05, 0) is 101 Å². The van der Waals surface area contributed by atoms with Gasteiger partial charge >= 0.3 is 10.1 Å². The normalized spacial score (nSPS) is 12.8. The molecule has 0 radical (unpaired) electrons. The van der Waals surface area contributed by atoms with E-state index in [1.807, 2.05) is 139 Å². The van der Waals surface area contributed by atoms with Crippen molar-refractivity contribution in [2.24, 2.45) is 0 Å². The maximum Gasteiger partial charge on any atom is 0.422 e. The van der Waals surface area contributed by atoms with Crippen molar-refractivity contribution < 1.29 is 16.8 Å². The van der Waals surface area contributed by atoms with Crippen LogP contribution in [-0.4, -0.2) is 17.6 Å². The first-order valence-corrected chi connectivity index (χ1v) is 15.3. The van der Waals surface area contributed by atoms with E-state index in [0.717, 1.165) is 26.0 Å². The number of hydrogen-bond donors (Lipinski definition) is 0. The summed E-state index contributed by atoms with van der Waals surface area (Å²) in [5, 5.41) is 0. The first kappa shape index (κ1) is 27.0. The zero-order chi connectivity index (χ0) is 26.8. The summed E-state index contributed by atoms with van der Waals surface area (Å²) in [5.41, 5.74) is 2.07. The van der Waals surface area contributed by atoms with Gasteiger partial charge in [0.05, 0.1) is 25.0 Å². The van der Waals surface area contributed by atoms with E-state index in [9.17, 15) is 8.42 Å². The van der Waals surface area contributed by atoms with Crippen molar-refractivity contribution >= 4 is 20.4 Å². The Morgan fingerprint density at radius 2 is 1.08 bits per heavy atom. The topological polar surface area (TPSA) is 56.2 Å². The second kappa shape index (κ2) is 10.4. The Labute approximate surface area is 222 Å². The van der Waals surface area contributed by atoms with Crippen LogP contribution in [-0.2, 0) is 10.1 Å². The highest BCUT2D eigenvalue weighted by molar-refractivity contribution is 8.32. The van der Waals surface area contributed by atoms with E-state index in [1.165, 1.54) is 0 Å². The van der Waals surface area contributed by atoms with Crippen molar-refractivity contribution in [2.45, 2.75) is 66.7 Å². The van der Waals surface area contributed by atoms with E-state index in [1.54, 1.807) is 0 Å². The second-order valence-electron chi connectivity index (χ2n) is 10.2. The molecule has 0 aliphatic carbocycles. The first-order chi connectivity index (χ1) is 17.4. The van der Waals surface area contributed by atoms with Gasteiger partial charge in [-0.25, -0.2) is 0 Å². The molecular weight excluding hydrogens is 500 g/mol. The zero-order valence-electron chi connectivity index (χ0n) is 22.2. The molecule has 0 unspecified atom stereocenters. The molecule has 0 heterocycles. The molecule has 0 bridgehead atoms. The summed E-state index contributed by atoms with van der Waals surface area (Å²) in [5.74, 6) is 0.721. The molecule has 1 N–H and O–H groups in total. The number of rotatable bonds is 7. The van der Waals surface area contributed by atoms with E-state index < -0.39 is 20.4 Å². The molecule has 0 spiro atoms. The molecule has 4 rings (SSSR count). The third-order valence-corrected chi connectivity index (χ3v) is 11.5. The maximum atomic E-state index is 14.2. The summed E-state index contributed by atoms with van der Waals surface area (Å²) in [6.07, 6.45) is 0. The molecule has 0 amide bonds. The molecule has 0 aromatic heterocycles. The van der Waals surface area contributed by atoms with Gasteiger partial charge in [0.15, 0.2) is 4.90 Å². The summed E-state index contributed by atoms with van der Waals surface area (Å²) < 4.78 is 39.4. The molecule has 4 aromatic carbocycles. The third-order valence-electron chi connectivity index (χ3n) is 5.83. The van der Waals surface area contributed by atoms with Crippen LogP contribution in [0.15, 0.2) is 117 Å². The number of ether oxygens (including phenoxy) is 1. The van der Waals surface area contributed by atoms with Crippen LogP contribution in [0.1, 0.15) is 37.5 Å². The van der Waals surface area contributed by atoms with Crippen molar-refractivity contribution in [3.8, 4) is 5.75 Å². The molecule has 0 saturated heterocycles. The summed E-state index contributed by atoms with van der Waals surface area (Å²) >= 11 is 0. The van der Waals surface area contributed by atoms with Gasteiger partial charge in [0.25, 0.3) is 0 Å². The zero-order valence-corrected chi connectivity index (χ0v) is 23.9. The Kier molecular flexibility index (Phi) is 7.56. The van der Waals surface area contributed by atoms with Crippen molar-refractivity contribution in [1.29, 1.82) is 0 Å². The highest BCUT2D eigenvalue weighted by atomic mass is 32.3. The van der Waals surface area contributed by atoms with Gasteiger partial charge in [-0.15, -0.1) is 8.42 Å². The smallest absolute Gasteiger partial charge is 0.422 e. The monoisotopic (exact) mass is 535 g/mol. The number of benzene rings is 4. The highest BCUT2D eigenvalue weighted by Gasteiger charge is 2.44. The van der Waals surface area contributed by atoms with E-state index in [4.69, 9.17) is 8.37 Å². The molecule has 0 aliphatic heterocycles. The molecule has 6 heteroatoms. The van der Waals surface area contributed by atoms with E-state index in [0.29, 0.717) is 11.1 Å². The average molecular weight is 536 g/mol. The summed E-state index contributed by atoms with van der Waals surface area (Å²) in [6, 6.07) is 31.0. The Morgan fingerprint density at radius 3 is 1.51 bits per heavy atom. The third kappa shape index (κ3) is 5.77. The van der Waals surface area contributed by atoms with Gasteiger partial charge in [-0.1, -0.05) is 54.1 Å². The van der Waals surface area contributed by atoms with Crippen molar-refractivity contribution in [2.75, 3.05) is 0 Å². The van der Waals surface area contributed by atoms with Crippen LogP contribution in [0.2, 0.25) is 0 Å². The fourth-order valence-corrected chi connectivity index (χ4v) is 10.5. The van der Waals surface area contributed by atoms with Crippen molar-refractivity contribution in [3.05, 3.63) is 114 Å². The predicted molar refractivity (Wildman–Crippen MR) is 153 cm³/mol. The van der Waals surface area contributed by atoms with Gasteiger partial charge in [0.1, 0.15) is 11.4 Å². The lowest BCUT2D eigenvalue weighted by atomic mass is 10.1. The Bertz CT molecular complexity index is 1410. The van der Waals surface area contributed by atoms with Gasteiger partial charge in [0.2, 0.25) is 0 Å². The molecule has 37 heavy (non-hydrogen) atoms. The molecule has 0 atom stereocenters. The molecule has 0 fully saturated rings. The standard InChI is InChI=1S/C31H34O4S2/c1-23-21-24(2)30(25(3)22-23)37(32,33)35-36(27-13-9-7-10-14-27,28-15-11-8-12-16-28)29-19-17-26(18-20-29)34-31(4,5)6/h7-22H,1-6H3/p+1. The molecular formula is C31H35O4S2+. The van der Waals surface area contributed by atoms with Crippen LogP contribution in [0.4, 0.5) is 0 Å². The molecule has 0 aliphatic rings. The lowest BCUT2D eigenvalue weighted by molar-refractivity contribution is 0.131. The second-order valence-corrected chi connectivity index (χ2v) is 14.7. The fourth-order valence-electron chi connectivity index (χ4n) is 4.59. The van der Waals surface area contributed by atoms with Gasteiger partial charge < -0.3 is 4.74 Å². The van der Waals surface area contributed by atoms with Gasteiger partial charge in [0, 0.05) is 0 Å².